The van der Waals surface area contributed by atoms with Gasteiger partial charge in [-0.1, -0.05) is 36.8 Å². The Kier molecular flexibility index (Phi) is 6.32. The zero-order chi connectivity index (χ0) is 16.0. The topological polar surface area (TPSA) is 77.9 Å². The first-order valence-electron chi connectivity index (χ1n) is 6.76. The lowest BCUT2D eigenvalue weighted by molar-refractivity contribution is -0.137. The van der Waals surface area contributed by atoms with Crippen molar-refractivity contribution in [2.75, 3.05) is 20.1 Å². The predicted molar refractivity (Wildman–Crippen MR) is 81.1 cm³/mol. The van der Waals surface area contributed by atoms with Gasteiger partial charge in [-0.2, -0.15) is 17.0 Å². The molecule has 0 aliphatic rings. The molecule has 0 saturated heterocycles. The Labute approximate surface area is 126 Å². The predicted octanol–water partition coefficient (Wildman–Crippen LogP) is 1.47. The van der Waals surface area contributed by atoms with Crippen LogP contribution in [0.25, 0.3) is 0 Å². The fraction of sp³-hybridized carbons (Fsp3) is 0.500. The normalized spacial score (nSPS) is 12.0. The van der Waals surface area contributed by atoms with Crippen LogP contribution in [0, 0.1) is 6.92 Å². The summed E-state index contributed by atoms with van der Waals surface area (Å²) in [4.78, 5) is 10.6. The van der Waals surface area contributed by atoms with Crippen molar-refractivity contribution in [3.05, 3.63) is 35.4 Å². The molecule has 0 saturated carbocycles. The van der Waals surface area contributed by atoms with Crippen LogP contribution in [-0.2, 0) is 21.5 Å². The van der Waals surface area contributed by atoms with E-state index in [0.29, 0.717) is 6.54 Å². The summed E-state index contributed by atoms with van der Waals surface area (Å²) in [5.74, 6) is -1.02. The zero-order valence-corrected chi connectivity index (χ0v) is 13.4. The molecule has 0 bridgehead atoms. The van der Waals surface area contributed by atoms with Gasteiger partial charge in [-0.25, -0.2) is 0 Å². The third kappa shape index (κ3) is 5.11. The number of benzene rings is 1. The van der Waals surface area contributed by atoms with Crippen LogP contribution >= 0.6 is 0 Å². The summed E-state index contributed by atoms with van der Waals surface area (Å²) in [5.41, 5.74) is 1.98. The van der Waals surface area contributed by atoms with Gasteiger partial charge >= 0.3 is 5.97 Å². The summed E-state index contributed by atoms with van der Waals surface area (Å²) in [6, 6.07) is 7.66. The van der Waals surface area contributed by atoms with Crippen molar-refractivity contribution in [1.82, 2.24) is 8.61 Å². The van der Waals surface area contributed by atoms with Crippen LogP contribution in [0.15, 0.2) is 24.3 Å². The minimum Gasteiger partial charge on any atom is -0.481 e. The van der Waals surface area contributed by atoms with E-state index < -0.39 is 16.2 Å². The molecule has 1 rings (SSSR count). The minimum absolute atomic E-state index is 0.0397. The summed E-state index contributed by atoms with van der Waals surface area (Å²) in [7, 11) is -2.25. The van der Waals surface area contributed by atoms with Gasteiger partial charge in [0.2, 0.25) is 0 Å². The van der Waals surface area contributed by atoms with Gasteiger partial charge in [-0.15, -0.1) is 0 Å². The van der Waals surface area contributed by atoms with E-state index >= 15 is 0 Å². The van der Waals surface area contributed by atoms with Gasteiger partial charge in [-0.3, -0.25) is 4.79 Å². The van der Waals surface area contributed by atoms with Crippen molar-refractivity contribution >= 4 is 16.2 Å². The highest BCUT2D eigenvalue weighted by molar-refractivity contribution is 7.86. The number of rotatable bonds is 8. The molecule has 0 fully saturated rings. The van der Waals surface area contributed by atoms with Gasteiger partial charge in [-0.05, 0) is 12.5 Å². The molecular formula is C14H22N2O4S. The quantitative estimate of drug-likeness (QED) is 0.788. The molecule has 1 aromatic rings. The van der Waals surface area contributed by atoms with Crippen molar-refractivity contribution in [1.29, 1.82) is 0 Å². The third-order valence-corrected chi connectivity index (χ3v) is 5.17. The van der Waals surface area contributed by atoms with Gasteiger partial charge in [0.1, 0.15) is 0 Å². The molecule has 0 atom stereocenters. The Morgan fingerprint density at radius 1 is 1.33 bits per heavy atom. The molecule has 1 N–H and O–H groups in total. The van der Waals surface area contributed by atoms with E-state index in [0.717, 1.165) is 15.4 Å². The number of hydrogen-bond acceptors (Lipinski definition) is 3. The second-order valence-corrected chi connectivity index (χ2v) is 6.92. The Morgan fingerprint density at radius 2 is 2.00 bits per heavy atom. The number of carbonyl (C=O) groups is 1. The fourth-order valence-electron chi connectivity index (χ4n) is 1.94. The Morgan fingerprint density at radius 3 is 2.52 bits per heavy atom. The van der Waals surface area contributed by atoms with Gasteiger partial charge in [0.25, 0.3) is 10.2 Å². The summed E-state index contributed by atoms with van der Waals surface area (Å²) in [6.07, 6.45) is -0.211. The zero-order valence-electron chi connectivity index (χ0n) is 12.6. The van der Waals surface area contributed by atoms with Crippen LogP contribution in [0.2, 0.25) is 0 Å². The van der Waals surface area contributed by atoms with Crippen LogP contribution in [-0.4, -0.2) is 48.2 Å². The fourth-order valence-corrected chi connectivity index (χ4v) is 3.29. The maximum Gasteiger partial charge on any atom is 0.304 e. The Bertz CT molecular complexity index is 586. The summed E-state index contributed by atoms with van der Waals surface area (Å²) in [5, 5.41) is 8.65. The highest BCUT2D eigenvalue weighted by Gasteiger charge is 2.26. The lowest BCUT2D eigenvalue weighted by Crippen LogP contribution is -2.42. The first-order valence-corrected chi connectivity index (χ1v) is 8.15. The van der Waals surface area contributed by atoms with E-state index in [1.54, 1.807) is 6.92 Å². The molecule has 0 aliphatic carbocycles. The molecule has 21 heavy (non-hydrogen) atoms. The van der Waals surface area contributed by atoms with E-state index in [1.807, 2.05) is 31.2 Å². The molecule has 0 unspecified atom stereocenters. The molecular weight excluding hydrogens is 292 g/mol. The lowest BCUT2D eigenvalue weighted by Gasteiger charge is -2.26. The van der Waals surface area contributed by atoms with E-state index in [2.05, 4.69) is 0 Å². The molecule has 0 spiro atoms. The second-order valence-electron chi connectivity index (χ2n) is 4.89. The van der Waals surface area contributed by atoms with Crippen molar-refractivity contribution < 1.29 is 18.3 Å². The number of hydrogen-bond donors (Lipinski definition) is 1. The molecule has 0 aliphatic heterocycles. The highest BCUT2D eigenvalue weighted by atomic mass is 32.2. The summed E-state index contributed by atoms with van der Waals surface area (Å²) >= 11 is 0. The number of carboxylic acids is 1. The van der Waals surface area contributed by atoms with Gasteiger partial charge in [0.05, 0.1) is 6.42 Å². The van der Waals surface area contributed by atoms with Gasteiger partial charge in [0.15, 0.2) is 0 Å². The SMILES string of the molecule is CCN(Cc1cccc(C)c1)S(=O)(=O)N(C)CCC(=O)O. The molecule has 1 aromatic carbocycles. The van der Waals surface area contributed by atoms with Gasteiger partial charge < -0.3 is 5.11 Å². The van der Waals surface area contributed by atoms with Crippen molar-refractivity contribution in [2.24, 2.45) is 0 Å². The number of aryl methyl sites for hydroxylation is 1. The molecule has 0 aromatic heterocycles. The molecule has 6 nitrogen and oxygen atoms in total. The van der Waals surface area contributed by atoms with Crippen LogP contribution in [0.4, 0.5) is 0 Å². The van der Waals surface area contributed by atoms with Crippen molar-refractivity contribution in [2.45, 2.75) is 26.8 Å². The molecule has 118 valence electrons. The largest absolute Gasteiger partial charge is 0.481 e. The third-order valence-electron chi connectivity index (χ3n) is 3.15. The summed E-state index contributed by atoms with van der Waals surface area (Å²) in [6.45, 7) is 4.28. The maximum absolute atomic E-state index is 12.4. The number of nitrogens with zero attached hydrogens (tertiary/aromatic N) is 2. The first kappa shape index (κ1) is 17.6. The number of carboxylic acid groups (broad SMARTS) is 1. The average molecular weight is 314 g/mol. The van der Waals surface area contributed by atoms with E-state index in [-0.39, 0.29) is 19.5 Å². The summed E-state index contributed by atoms with van der Waals surface area (Å²) < 4.78 is 27.3. The average Bonchev–Trinajstić information content (AvgIpc) is 2.41. The monoisotopic (exact) mass is 314 g/mol. The Balaban J connectivity index is 2.84. The van der Waals surface area contributed by atoms with Crippen LogP contribution in [0.3, 0.4) is 0 Å². The van der Waals surface area contributed by atoms with Crippen LogP contribution in [0.5, 0.6) is 0 Å². The Hall–Kier alpha value is -1.44. The molecule has 7 heteroatoms. The van der Waals surface area contributed by atoms with E-state index in [4.69, 9.17) is 5.11 Å². The van der Waals surface area contributed by atoms with Crippen LogP contribution < -0.4 is 0 Å². The van der Waals surface area contributed by atoms with Crippen molar-refractivity contribution in [3.8, 4) is 0 Å². The van der Waals surface area contributed by atoms with Gasteiger partial charge in [0, 0.05) is 26.7 Å². The molecule has 0 amide bonds. The molecule has 0 radical (unpaired) electrons. The maximum atomic E-state index is 12.4. The molecule has 0 heterocycles. The second kappa shape index (κ2) is 7.53. The standard InChI is InChI=1S/C14H22N2O4S/c1-4-16(11-13-7-5-6-12(2)10-13)21(19,20)15(3)9-8-14(17)18/h5-7,10H,4,8-9,11H2,1-3H3,(H,17,18). The highest BCUT2D eigenvalue weighted by Crippen LogP contribution is 2.13. The first-order chi connectivity index (χ1) is 9.77. The van der Waals surface area contributed by atoms with E-state index in [9.17, 15) is 13.2 Å². The number of aliphatic carboxylic acids is 1. The van der Waals surface area contributed by atoms with E-state index in [1.165, 1.54) is 11.4 Å². The van der Waals surface area contributed by atoms with Crippen LogP contribution in [0.1, 0.15) is 24.5 Å². The lowest BCUT2D eigenvalue weighted by atomic mass is 10.1. The van der Waals surface area contributed by atoms with Crippen molar-refractivity contribution in [3.63, 3.8) is 0 Å². The smallest absolute Gasteiger partial charge is 0.304 e. The minimum atomic E-state index is -3.65.